The second-order valence-corrected chi connectivity index (χ2v) is 11.5. The Kier molecular flexibility index (Phi) is 6.65. The van der Waals surface area contributed by atoms with Gasteiger partial charge in [0.1, 0.15) is 0 Å². The van der Waals surface area contributed by atoms with Crippen LogP contribution in [0.5, 0.6) is 0 Å². The van der Waals surface area contributed by atoms with Gasteiger partial charge in [0.15, 0.2) is 0 Å². The largest absolute Gasteiger partial charge is 0.311 e. The summed E-state index contributed by atoms with van der Waals surface area (Å²) in [6.45, 7) is 0. The van der Waals surface area contributed by atoms with E-state index in [4.69, 9.17) is 0 Å². The summed E-state index contributed by atoms with van der Waals surface area (Å²) in [6, 6.07) is 3.32. The number of nitrogens with one attached hydrogen (secondary N) is 2. The van der Waals surface area contributed by atoms with Gasteiger partial charge in [-0.1, -0.05) is 51.4 Å². The lowest BCUT2D eigenvalue weighted by molar-refractivity contribution is 0.124. The van der Waals surface area contributed by atoms with Crippen LogP contribution < -0.4 is 10.6 Å². The third kappa shape index (κ3) is 4.80. The molecule has 5 rings (SSSR count). The molecule has 5 saturated carbocycles. The zero-order valence-electron chi connectivity index (χ0n) is 18.3. The van der Waals surface area contributed by atoms with Crippen molar-refractivity contribution in [3.63, 3.8) is 0 Å². The molecule has 0 aliphatic heterocycles. The molecule has 5 aliphatic carbocycles. The van der Waals surface area contributed by atoms with E-state index in [1.54, 1.807) is 0 Å². The molecule has 0 bridgehead atoms. The van der Waals surface area contributed by atoms with Crippen LogP contribution in [0.3, 0.4) is 0 Å². The SMILES string of the molecule is C1CCC2CC(NC3CCC(NC4CCC5CCCCC5C4)CC3)CCC2C1. The maximum absolute atomic E-state index is 4.12. The molecule has 0 amide bonds. The zero-order valence-corrected chi connectivity index (χ0v) is 18.3. The van der Waals surface area contributed by atoms with Gasteiger partial charge in [0.25, 0.3) is 0 Å². The second kappa shape index (κ2) is 9.38. The van der Waals surface area contributed by atoms with E-state index in [1.165, 1.54) is 116 Å². The topological polar surface area (TPSA) is 24.1 Å². The fourth-order valence-corrected chi connectivity index (χ4v) is 8.14. The predicted octanol–water partition coefficient (Wildman–Crippen LogP) is 6.19. The highest BCUT2D eigenvalue weighted by Crippen LogP contribution is 2.42. The first-order valence-corrected chi connectivity index (χ1v) is 13.4. The highest BCUT2D eigenvalue weighted by Gasteiger charge is 2.35. The Morgan fingerprint density at radius 3 is 1.11 bits per heavy atom. The van der Waals surface area contributed by atoms with E-state index >= 15 is 0 Å². The van der Waals surface area contributed by atoms with Crippen molar-refractivity contribution in [1.82, 2.24) is 10.6 Å². The maximum Gasteiger partial charge on any atom is 0.00724 e. The summed E-state index contributed by atoms with van der Waals surface area (Å²) in [5.74, 6) is 4.30. The van der Waals surface area contributed by atoms with E-state index in [1.807, 2.05) is 0 Å². The Balaban J connectivity index is 1.02. The highest BCUT2D eigenvalue weighted by molar-refractivity contribution is 4.92. The van der Waals surface area contributed by atoms with Gasteiger partial charge < -0.3 is 10.6 Å². The third-order valence-electron chi connectivity index (χ3n) is 9.75. The normalized spacial score (nSPS) is 47.1. The lowest BCUT2D eigenvalue weighted by Crippen LogP contribution is -2.49. The van der Waals surface area contributed by atoms with Crippen molar-refractivity contribution in [3.05, 3.63) is 0 Å². The van der Waals surface area contributed by atoms with Gasteiger partial charge in [-0.15, -0.1) is 0 Å². The summed E-state index contributed by atoms with van der Waals surface area (Å²) in [5, 5.41) is 8.25. The van der Waals surface area contributed by atoms with Gasteiger partial charge >= 0.3 is 0 Å². The molecule has 160 valence electrons. The smallest absolute Gasteiger partial charge is 0.00724 e. The van der Waals surface area contributed by atoms with E-state index in [9.17, 15) is 0 Å². The van der Waals surface area contributed by atoms with Crippen molar-refractivity contribution >= 4 is 0 Å². The molecule has 5 aliphatic rings. The number of hydrogen-bond donors (Lipinski definition) is 2. The average molecular weight is 387 g/mol. The molecule has 2 heteroatoms. The fraction of sp³-hybridized carbons (Fsp3) is 1.00. The van der Waals surface area contributed by atoms with E-state index in [2.05, 4.69) is 10.6 Å². The van der Waals surface area contributed by atoms with E-state index in [-0.39, 0.29) is 0 Å². The third-order valence-corrected chi connectivity index (χ3v) is 9.75. The molecule has 0 spiro atoms. The Morgan fingerprint density at radius 1 is 0.321 bits per heavy atom. The van der Waals surface area contributed by atoms with Crippen molar-refractivity contribution in [2.24, 2.45) is 23.7 Å². The standard InChI is InChI=1S/C26H46N2/c1-3-7-21-17-25(11-9-19(21)5-1)27-23-13-15-24(16-14-23)28-26-12-10-20-6-2-4-8-22(20)18-26/h19-28H,1-18H2. The quantitative estimate of drug-likeness (QED) is 0.601. The van der Waals surface area contributed by atoms with Crippen molar-refractivity contribution in [3.8, 4) is 0 Å². The van der Waals surface area contributed by atoms with Crippen molar-refractivity contribution < 1.29 is 0 Å². The summed E-state index contributed by atoms with van der Waals surface area (Å²) in [5.41, 5.74) is 0. The minimum Gasteiger partial charge on any atom is -0.311 e. The monoisotopic (exact) mass is 386 g/mol. The van der Waals surface area contributed by atoms with Crippen LogP contribution in [0, 0.1) is 23.7 Å². The molecule has 5 fully saturated rings. The van der Waals surface area contributed by atoms with Crippen LogP contribution >= 0.6 is 0 Å². The van der Waals surface area contributed by atoms with Gasteiger partial charge in [-0.25, -0.2) is 0 Å². The molecular weight excluding hydrogens is 340 g/mol. The Bertz CT molecular complexity index is 439. The Morgan fingerprint density at radius 2 is 0.679 bits per heavy atom. The first-order valence-electron chi connectivity index (χ1n) is 13.4. The summed E-state index contributed by atoms with van der Waals surface area (Å²) in [6.07, 6.45) is 26.8. The van der Waals surface area contributed by atoms with Crippen LogP contribution in [0.2, 0.25) is 0 Å². The summed E-state index contributed by atoms with van der Waals surface area (Å²) in [4.78, 5) is 0. The molecule has 0 saturated heterocycles. The average Bonchev–Trinajstić information content (AvgIpc) is 2.75. The molecule has 0 radical (unpaired) electrons. The minimum atomic E-state index is 0.817. The minimum absolute atomic E-state index is 0.817. The summed E-state index contributed by atoms with van der Waals surface area (Å²) < 4.78 is 0. The highest BCUT2D eigenvalue weighted by atomic mass is 15.0. The number of hydrogen-bond acceptors (Lipinski definition) is 2. The molecule has 28 heavy (non-hydrogen) atoms. The summed E-state index contributed by atoms with van der Waals surface area (Å²) >= 11 is 0. The van der Waals surface area contributed by atoms with Crippen LogP contribution in [0.4, 0.5) is 0 Å². The predicted molar refractivity (Wildman–Crippen MR) is 118 cm³/mol. The molecule has 2 nitrogen and oxygen atoms in total. The summed E-state index contributed by atoms with van der Waals surface area (Å²) in [7, 11) is 0. The van der Waals surface area contributed by atoms with Crippen molar-refractivity contribution in [2.45, 2.75) is 140 Å². The first-order chi connectivity index (χ1) is 13.8. The van der Waals surface area contributed by atoms with Crippen LogP contribution in [0.15, 0.2) is 0 Å². The van der Waals surface area contributed by atoms with E-state index in [0.717, 1.165) is 47.8 Å². The molecule has 6 atom stereocenters. The van der Waals surface area contributed by atoms with Gasteiger partial charge in [0.05, 0.1) is 0 Å². The van der Waals surface area contributed by atoms with E-state index in [0.29, 0.717) is 0 Å². The molecule has 0 aromatic rings. The lowest BCUT2D eigenvalue weighted by Gasteiger charge is -2.43. The van der Waals surface area contributed by atoms with Gasteiger partial charge in [-0.2, -0.15) is 0 Å². The Labute approximate surface area is 174 Å². The van der Waals surface area contributed by atoms with Crippen molar-refractivity contribution in [2.75, 3.05) is 0 Å². The number of fused-ring (bicyclic) bond motifs is 2. The van der Waals surface area contributed by atoms with Crippen LogP contribution in [0.1, 0.15) is 116 Å². The van der Waals surface area contributed by atoms with E-state index < -0.39 is 0 Å². The van der Waals surface area contributed by atoms with Gasteiger partial charge in [-0.3, -0.25) is 0 Å². The van der Waals surface area contributed by atoms with Gasteiger partial charge in [0, 0.05) is 24.2 Å². The van der Waals surface area contributed by atoms with Crippen LogP contribution in [0.25, 0.3) is 0 Å². The zero-order chi connectivity index (χ0) is 18.8. The molecule has 6 unspecified atom stereocenters. The fourth-order valence-electron chi connectivity index (χ4n) is 8.14. The second-order valence-electron chi connectivity index (χ2n) is 11.5. The lowest BCUT2D eigenvalue weighted by atomic mass is 9.69. The van der Waals surface area contributed by atoms with Crippen molar-refractivity contribution in [1.29, 1.82) is 0 Å². The molecule has 0 aromatic heterocycles. The molecule has 0 aromatic carbocycles. The Hall–Kier alpha value is -0.0800. The van der Waals surface area contributed by atoms with Gasteiger partial charge in [0.2, 0.25) is 0 Å². The maximum atomic E-state index is 4.12. The number of rotatable bonds is 4. The van der Waals surface area contributed by atoms with Crippen LogP contribution in [-0.4, -0.2) is 24.2 Å². The van der Waals surface area contributed by atoms with Gasteiger partial charge in [-0.05, 0) is 87.9 Å². The molecule has 2 N–H and O–H groups in total. The van der Waals surface area contributed by atoms with Crippen LogP contribution in [-0.2, 0) is 0 Å². The first kappa shape index (κ1) is 19.9. The molecule has 0 heterocycles. The molecular formula is C26H46N2.